The van der Waals surface area contributed by atoms with Gasteiger partial charge in [-0.15, -0.1) is 0 Å². The van der Waals surface area contributed by atoms with Crippen LogP contribution in [0.4, 0.5) is 0 Å². The summed E-state index contributed by atoms with van der Waals surface area (Å²) in [6.45, 7) is 9.93. The number of quaternary nitrogens is 1. The Morgan fingerprint density at radius 2 is 2.11 bits per heavy atom. The van der Waals surface area contributed by atoms with Crippen molar-refractivity contribution < 1.29 is 18.8 Å². The molecule has 2 saturated carbocycles. The van der Waals surface area contributed by atoms with Crippen molar-refractivity contribution >= 4 is 5.97 Å². The third kappa shape index (κ3) is 3.68. The van der Waals surface area contributed by atoms with Gasteiger partial charge in [0, 0.05) is 0 Å². The van der Waals surface area contributed by atoms with Crippen LogP contribution in [0.5, 0.6) is 0 Å². The number of ether oxygens (including phenoxy) is 1. The van der Waals surface area contributed by atoms with E-state index in [1.165, 1.54) is 29.6 Å². The number of carbonyl (C=O) groups is 1. The third-order valence-corrected chi connectivity index (χ3v) is 7.73. The van der Waals surface area contributed by atoms with Crippen LogP contribution in [-0.2, 0) is 22.5 Å². The summed E-state index contributed by atoms with van der Waals surface area (Å²) in [5, 5.41) is 0. The minimum Gasteiger partial charge on any atom is -0.469 e. The predicted molar refractivity (Wildman–Crippen MR) is 111 cm³/mol. The molecule has 1 aromatic heterocycles. The standard InChI is InChI=1S/C24H37NO3/c1-17-8-11-21-23(2,13-7-14-24(21,3)22(26)27-6)19(17)10-9-18-12-15-28-20(18)16-25(4)5/h12,15,19,21H,1,7-11,13-14,16H2,2-6H3/p+1/t19-,21-,23+,24-/m0/s1. The van der Waals surface area contributed by atoms with E-state index in [-0.39, 0.29) is 16.8 Å². The van der Waals surface area contributed by atoms with E-state index in [4.69, 9.17) is 9.15 Å². The minimum absolute atomic E-state index is 0.0271. The second-order valence-electron chi connectivity index (χ2n) is 9.86. The number of esters is 1. The van der Waals surface area contributed by atoms with Crippen LogP contribution in [0.3, 0.4) is 0 Å². The number of carbonyl (C=O) groups excluding carboxylic acids is 1. The lowest BCUT2D eigenvalue weighted by Crippen LogP contribution is -3.04. The summed E-state index contributed by atoms with van der Waals surface area (Å²) >= 11 is 0. The molecule has 2 aliphatic carbocycles. The van der Waals surface area contributed by atoms with Gasteiger partial charge in [0.15, 0.2) is 5.76 Å². The number of methoxy groups -OCH3 is 1. The molecule has 0 radical (unpaired) electrons. The SMILES string of the molecule is C=C1CC[C@H]2[C@](C)(CCC[C@]2(C)C(=O)OC)[C@H]1CCc1ccoc1C[NH+](C)C. The Morgan fingerprint density at radius 3 is 2.79 bits per heavy atom. The minimum atomic E-state index is -0.365. The van der Waals surface area contributed by atoms with Crippen LogP contribution in [0.25, 0.3) is 0 Å². The quantitative estimate of drug-likeness (QED) is 0.595. The first kappa shape index (κ1) is 21.2. The van der Waals surface area contributed by atoms with Crippen molar-refractivity contribution in [1.29, 1.82) is 0 Å². The molecule has 156 valence electrons. The molecule has 4 atom stereocenters. The van der Waals surface area contributed by atoms with Gasteiger partial charge in [-0.2, -0.15) is 0 Å². The zero-order valence-corrected chi connectivity index (χ0v) is 18.4. The lowest BCUT2D eigenvalue weighted by Gasteiger charge is -2.57. The predicted octanol–water partition coefficient (Wildman–Crippen LogP) is 3.81. The van der Waals surface area contributed by atoms with Gasteiger partial charge in [-0.1, -0.05) is 25.5 Å². The maximum Gasteiger partial charge on any atom is 0.311 e. The molecule has 4 heteroatoms. The maximum atomic E-state index is 12.7. The molecule has 0 saturated heterocycles. The molecule has 0 unspecified atom stereocenters. The van der Waals surface area contributed by atoms with E-state index in [0.29, 0.717) is 11.8 Å². The Kier molecular flexibility index (Phi) is 6.09. The molecule has 1 aromatic rings. The molecular formula is C24H38NO3+. The molecule has 2 aliphatic rings. The van der Waals surface area contributed by atoms with Crippen LogP contribution in [0.2, 0.25) is 0 Å². The van der Waals surface area contributed by atoms with Gasteiger partial charge >= 0.3 is 5.97 Å². The Morgan fingerprint density at radius 1 is 1.36 bits per heavy atom. The molecule has 1 N–H and O–H groups in total. The van der Waals surface area contributed by atoms with E-state index in [0.717, 1.165) is 50.8 Å². The summed E-state index contributed by atoms with van der Waals surface area (Å²) in [5.41, 5.74) is 2.45. The smallest absolute Gasteiger partial charge is 0.311 e. The monoisotopic (exact) mass is 388 g/mol. The normalized spacial score (nSPS) is 33.0. The largest absolute Gasteiger partial charge is 0.469 e. The molecule has 0 bridgehead atoms. The van der Waals surface area contributed by atoms with E-state index < -0.39 is 0 Å². The second kappa shape index (κ2) is 8.06. The fourth-order valence-electron chi connectivity index (χ4n) is 6.33. The fraction of sp³-hybridized carbons (Fsp3) is 0.708. The molecule has 4 nitrogen and oxygen atoms in total. The molecule has 3 rings (SSSR count). The fourth-order valence-corrected chi connectivity index (χ4v) is 6.33. The molecule has 28 heavy (non-hydrogen) atoms. The summed E-state index contributed by atoms with van der Waals surface area (Å²) in [5.74, 6) is 1.89. The summed E-state index contributed by atoms with van der Waals surface area (Å²) in [4.78, 5) is 14.1. The Balaban J connectivity index is 1.82. The first-order chi connectivity index (χ1) is 13.2. The number of hydrogen-bond acceptors (Lipinski definition) is 3. The van der Waals surface area contributed by atoms with Crippen LogP contribution in [0.1, 0.15) is 63.7 Å². The zero-order valence-electron chi connectivity index (χ0n) is 18.4. The molecule has 2 fully saturated rings. The average molecular weight is 389 g/mol. The lowest BCUT2D eigenvalue weighted by atomic mass is 9.46. The van der Waals surface area contributed by atoms with Crippen LogP contribution in [0, 0.1) is 22.7 Å². The van der Waals surface area contributed by atoms with Crippen LogP contribution < -0.4 is 4.90 Å². The van der Waals surface area contributed by atoms with Crippen LogP contribution in [-0.4, -0.2) is 27.2 Å². The van der Waals surface area contributed by atoms with E-state index in [1.54, 1.807) is 0 Å². The highest BCUT2D eigenvalue weighted by Gasteiger charge is 2.57. The molecule has 0 amide bonds. The Bertz CT molecular complexity index is 721. The highest BCUT2D eigenvalue weighted by atomic mass is 16.5. The average Bonchev–Trinajstić information content (AvgIpc) is 3.06. The number of fused-ring (bicyclic) bond motifs is 1. The van der Waals surface area contributed by atoms with E-state index in [1.807, 2.05) is 6.26 Å². The van der Waals surface area contributed by atoms with Crippen molar-refractivity contribution in [2.75, 3.05) is 21.2 Å². The number of aryl methyl sites for hydroxylation is 1. The summed E-state index contributed by atoms with van der Waals surface area (Å²) in [7, 11) is 5.83. The van der Waals surface area contributed by atoms with Gasteiger partial charge in [0.1, 0.15) is 6.54 Å². The van der Waals surface area contributed by atoms with Gasteiger partial charge in [0.05, 0.1) is 32.9 Å². The van der Waals surface area contributed by atoms with Gasteiger partial charge in [0.2, 0.25) is 0 Å². The van der Waals surface area contributed by atoms with E-state index in [9.17, 15) is 4.79 Å². The number of furan rings is 1. The number of nitrogens with one attached hydrogen (secondary N) is 1. The van der Waals surface area contributed by atoms with Gasteiger partial charge in [-0.05, 0) is 74.3 Å². The van der Waals surface area contributed by atoms with Gasteiger partial charge < -0.3 is 14.1 Å². The second-order valence-corrected chi connectivity index (χ2v) is 9.86. The summed E-state index contributed by atoms with van der Waals surface area (Å²) in [6, 6.07) is 2.13. The van der Waals surface area contributed by atoms with Gasteiger partial charge in [-0.3, -0.25) is 4.79 Å². The Hall–Kier alpha value is -1.55. The number of allylic oxidation sites excluding steroid dienone is 1. The van der Waals surface area contributed by atoms with Crippen molar-refractivity contribution in [3.05, 3.63) is 35.8 Å². The van der Waals surface area contributed by atoms with Crippen LogP contribution in [0.15, 0.2) is 28.9 Å². The highest BCUT2D eigenvalue weighted by Crippen LogP contribution is 2.62. The molecule has 0 aliphatic heterocycles. The number of hydrogen-bond donors (Lipinski definition) is 1. The van der Waals surface area contributed by atoms with E-state index in [2.05, 4.69) is 40.6 Å². The van der Waals surface area contributed by atoms with Gasteiger partial charge in [0.25, 0.3) is 0 Å². The maximum absolute atomic E-state index is 12.7. The van der Waals surface area contributed by atoms with E-state index >= 15 is 0 Å². The van der Waals surface area contributed by atoms with Crippen molar-refractivity contribution in [2.24, 2.45) is 22.7 Å². The molecule has 1 heterocycles. The van der Waals surface area contributed by atoms with Crippen molar-refractivity contribution in [1.82, 2.24) is 0 Å². The molecule has 0 aromatic carbocycles. The third-order valence-electron chi connectivity index (χ3n) is 7.73. The summed E-state index contributed by atoms with van der Waals surface area (Å²) < 4.78 is 11.0. The Labute approximate surface area is 170 Å². The summed E-state index contributed by atoms with van der Waals surface area (Å²) in [6.07, 6.45) is 9.20. The highest BCUT2D eigenvalue weighted by molar-refractivity contribution is 5.77. The van der Waals surface area contributed by atoms with Crippen molar-refractivity contribution in [3.63, 3.8) is 0 Å². The molecular weight excluding hydrogens is 350 g/mol. The lowest BCUT2D eigenvalue weighted by molar-refractivity contribution is -0.873. The first-order valence-electron chi connectivity index (χ1n) is 10.8. The first-order valence-corrected chi connectivity index (χ1v) is 10.8. The van der Waals surface area contributed by atoms with Gasteiger partial charge in [-0.25, -0.2) is 0 Å². The molecule has 0 spiro atoms. The van der Waals surface area contributed by atoms with Crippen LogP contribution >= 0.6 is 0 Å². The zero-order chi connectivity index (χ0) is 20.5. The number of rotatable bonds is 6. The topological polar surface area (TPSA) is 43.9 Å². The van der Waals surface area contributed by atoms with Crippen molar-refractivity contribution in [2.45, 2.75) is 65.3 Å². The van der Waals surface area contributed by atoms with Crippen molar-refractivity contribution in [3.8, 4) is 0 Å².